The molecular weight excluding hydrogens is 436 g/mol. The highest BCUT2D eigenvalue weighted by Gasteiger charge is 2.27. The Labute approximate surface area is 199 Å². The molecule has 0 bridgehead atoms. The summed E-state index contributed by atoms with van der Waals surface area (Å²) in [4.78, 5) is 44.6. The first-order chi connectivity index (χ1) is 16.2. The summed E-state index contributed by atoms with van der Waals surface area (Å²) in [6.07, 6.45) is 4.80. The fourth-order valence-electron chi connectivity index (χ4n) is 3.65. The van der Waals surface area contributed by atoms with Crippen molar-refractivity contribution in [2.24, 2.45) is 27.9 Å². The fourth-order valence-corrected chi connectivity index (χ4v) is 3.65. The molecular formula is C23H36N8O3. The van der Waals surface area contributed by atoms with Gasteiger partial charge in [-0.25, -0.2) is 0 Å². The summed E-state index contributed by atoms with van der Waals surface area (Å²) in [7, 11) is 0. The van der Waals surface area contributed by atoms with E-state index in [2.05, 4.69) is 20.6 Å². The minimum atomic E-state index is -0.917. The zero-order valence-corrected chi connectivity index (χ0v) is 19.5. The minimum absolute atomic E-state index is 0.0563. The number of primary amides is 1. The van der Waals surface area contributed by atoms with Crippen LogP contribution in [0.5, 0.6) is 0 Å². The number of carbonyl (C=O) groups excluding carboxylic acids is 3. The Kier molecular flexibility index (Phi) is 10.3. The Morgan fingerprint density at radius 1 is 1.00 bits per heavy atom. The van der Waals surface area contributed by atoms with Gasteiger partial charge in [0.15, 0.2) is 5.96 Å². The van der Waals surface area contributed by atoms with E-state index in [9.17, 15) is 14.4 Å². The molecule has 0 saturated carbocycles. The lowest BCUT2D eigenvalue weighted by Gasteiger charge is -2.23. The lowest BCUT2D eigenvalue weighted by molar-refractivity contribution is -0.132. The third-order valence-electron chi connectivity index (χ3n) is 5.54. The van der Waals surface area contributed by atoms with Crippen molar-refractivity contribution in [2.75, 3.05) is 6.54 Å². The number of rotatable bonds is 14. The van der Waals surface area contributed by atoms with Gasteiger partial charge in [0.25, 0.3) is 0 Å². The van der Waals surface area contributed by atoms with E-state index in [0.29, 0.717) is 25.8 Å². The quantitative estimate of drug-likeness (QED) is 0.112. The van der Waals surface area contributed by atoms with Crippen molar-refractivity contribution >= 4 is 34.6 Å². The molecule has 1 aromatic heterocycles. The van der Waals surface area contributed by atoms with Crippen LogP contribution in [0.3, 0.4) is 0 Å². The molecule has 2 aromatic rings. The van der Waals surface area contributed by atoms with Crippen LogP contribution in [0.2, 0.25) is 0 Å². The van der Waals surface area contributed by atoms with Gasteiger partial charge in [-0.1, -0.05) is 38.0 Å². The fraction of sp³-hybridized carbons (Fsp3) is 0.478. The summed E-state index contributed by atoms with van der Waals surface area (Å²) in [6.45, 7) is 2.26. The molecule has 0 fully saturated rings. The number of aromatic amines is 1. The maximum Gasteiger partial charge on any atom is 0.243 e. The summed E-state index contributed by atoms with van der Waals surface area (Å²) in [5.41, 5.74) is 24.2. The molecule has 1 aromatic carbocycles. The van der Waals surface area contributed by atoms with Crippen molar-refractivity contribution in [3.05, 3.63) is 36.0 Å². The Morgan fingerprint density at radius 3 is 2.35 bits per heavy atom. The molecule has 3 atom stereocenters. The Morgan fingerprint density at radius 2 is 1.68 bits per heavy atom. The zero-order valence-electron chi connectivity index (χ0n) is 19.5. The molecule has 2 rings (SSSR count). The number of benzene rings is 1. The summed E-state index contributed by atoms with van der Waals surface area (Å²) in [5, 5.41) is 6.36. The average Bonchev–Trinajstić information content (AvgIpc) is 3.20. The van der Waals surface area contributed by atoms with Crippen LogP contribution in [0.1, 0.15) is 44.6 Å². The molecule has 3 amide bonds. The number of carbonyl (C=O) groups is 3. The summed E-state index contributed by atoms with van der Waals surface area (Å²) >= 11 is 0. The van der Waals surface area contributed by atoms with Crippen LogP contribution < -0.4 is 33.6 Å². The molecule has 34 heavy (non-hydrogen) atoms. The van der Waals surface area contributed by atoms with E-state index >= 15 is 0 Å². The van der Waals surface area contributed by atoms with Crippen molar-refractivity contribution in [1.82, 2.24) is 15.6 Å². The average molecular weight is 473 g/mol. The molecule has 11 N–H and O–H groups in total. The number of nitrogens with zero attached hydrogens (tertiary/aromatic N) is 1. The number of guanidine groups is 1. The van der Waals surface area contributed by atoms with Crippen molar-refractivity contribution in [3.8, 4) is 0 Å². The summed E-state index contributed by atoms with van der Waals surface area (Å²) in [6, 6.07) is 5.11. The topological polar surface area (TPSA) is 208 Å². The second kappa shape index (κ2) is 13.2. The molecule has 186 valence electrons. The van der Waals surface area contributed by atoms with Gasteiger partial charge in [0, 0.05) is 23.6 Å². The van der Waals surface area contributed by atoms with E-state index < -0.39 is 35.8 Å². The van der Waals surface area contributed by atoms with Gasteiger partial charge in [-0.15, -0.1) is 0 Å². The number of amides is 3. The van der Waals surface area contributed by atoms with Gasteiger partial charge in [0.1, 0.15) is 12.1 Å². The van der Waals surface area contributed by atoms with Crippen molar-refractivity contribution < 1.29 is 14.4 Å². The van der Waals surface area contributed by atoms with Crippen LogP contribution in [0.4, 0.5) is 0 Å². The Bertz CT molecular complexity index is 999. The highest BCUT2D eigenvalue weighted by molar-refractivity contribution is 5.93. The Hall–Kier alpha value is -3.60. The molecule has 1 heterocycles. The number of hydrogen-bond donors (Lipinski definition) is 7. The number of unbranched alkanes of at least 4 members (excludes halogenated alkanes) is 1. The minimum Gasteiger partial charge on any atom is -0.370 e. The van der Waals surface area contributed by atoms with E-state index in [0.717, 1.165) is 29.3 Å². The van der Waals surface area contributed by atoms with Crippen molar-refractivity contribution in [1.29, 1.82) is 0 Å². The maximum atomic E-state index is 12.9. The van der Waals surface area contributed by atoms with Crippen LogP contribution in [0.25, 0.3) is 10.9 Å². The van der Waals surface area contributed by atoms with Gasteiger partial charge >= 0.3 is 0 Å². The smallest absolute Gasteiger partial charge is 0.243 e. The first kappa shape index (κ1) is 26.7. The van der Waals surface area contributed by atoms with Crippen molar-refractivity contribution in [2.45, 2.75) is 63.6 Å². The molecule has 11 heteroatoms. The van der Waals surface area contributed by atoms with Gasteiger partial charge in [-0.2, -0.15) is 0 Å². The van der Waals surface area contributed by atoms with Gasteiger partial charge < -0.3 is 38.6 Å². The van der Waals surface area contributed by atoms with Crippen LogP contribution in [-0.2, 0) is 20.8 Å². The van der Waals surface area contributed by atoms with E-state index in [1.54, 1.807) is 0 Å². The van der Waals surface area contributed by atoms with E-state index in [4.69, 9.17) is 22.9 Å². The summed E-state index contributed by atoms with van der Waals surface area (Å²) in [5.74, 6) is -1.66. The van der Waals surface area contributed by atoms with Crippen molar-refractivity contribution in [3.63, 3.8) is 0 Å². The predicted octanol–water partition coefficient (Wildman–Crippen LogP) is -0.264. The number of fused-ring (bicyclic) bond motifs is 1. The van der Waals surface area contributed by atoms with Gasteiger partial charge in [-0.3, -0.25) is 19.4 Å². The van der Waals surface area contributed by atoms with Crippen LogP contribution in [-0.4, -0.2) is 53.3 Å². The number of nitrogens with two attached hydrogens (primary N) is 4. The number of aromatic nitrogens is 1. The second-order valence-corrected chi connectivity index (χ2v) is 8.29. The number of para-hydroxylation sites is 1. The molecule has 11 nitrogen and oxygen atoms in total. The highest BCUT2D eigenvalue weighted by Crippen LogP contribution is 2.18. The van der Waals surface area contributed by atoms with Gasteiger partial charge in [0.05, 0.1) is 6.04 Å². The molecule has 0 radical (unpaired) electrons. The molecule has 0 spiro atoms. The predicted molar refractivity (Wildman–Crippen MR) is 132 cm³/mol. The first-order valence-electron chi connectivity index (χ1n) is 11.5. The zero-order chi connectivity index (χ0) is 25.1. The normalized spacial score (nSPS) is 13.6. The molecule has 0 saturated heterocycles. The molecule has 0 aliphatic heterocycles. The number of nitrogens with one attached hydrogen (secondary N) is 3. The SMILES string of the molecule is CCCC[C@H](NC(=O)[C@H](CCCN=C(N)N)NC(=O)[C@H](N)Cc1c[nH]c2ccccc12)C(N)=O. The number of aliphatic imine (C=N–C) groups is 1. The third-order valence-corrected chi connectivity index (χ3v) is 5.54. The van der Waals surface area contributed by atoms with E-state index in [1.165, 1.54) is 0 Å². The molecule has 0 aliphatic carbocycles. The lowest BCUT2D eigenvalue weighted by atomic mass is 10.0. The first-order valence-corrected chi connectivity index (χ1v) is 11.5. The lowest BCUT2D eigenvalue weighted by Crippen LogP contribution is -2.55. The Balaban J connectivity index is 2.07. The highest BCUT2D eigenvalue weighted by atomic mass is 16.2. The van der Waals surface area contributed by atoms with Gasteiger partial charge in [0.2, 0.25) is 17.7 Å². The van der Waals surface area contributed by atoms with Crippen LogP contribution >= 0.6 is 0 Å². The van der Waals surface area contributed by atoms with E-state index in [-0.39, 0.29) is 12.4 Å². The largest absolute Gasteiger partial charge is 0.370 e. The van der Waals surface area contributed by atoms with Gasteiger partial charge in [-0.05, 0) is 37.3 Å². The molecule has 0 aliphatic rings. The maximum absolute atomic E-state index is 12.9. The van der Waals surface area contributed by atoms with Crippen LogP contribution in [0.15, 0.2) is 35.5 Å². The van der Waals surface area contributed by atoms with Crippen LogP contribution in [0, 0.1) is 0 Å². The monoisotopic (exact) mass is 472 g/mol. The second-order valence-electron chi connectivity index (χ2n) is 8.29. The number of H-pyrrole nitrogens is 1. The molecule has 0 unspecified atom stereocenters. The number of hydrogen-bond acceptors (Lipinski definition) is 5. The van der Waals surface area contributed by atoms with E-state index in [1.807, 2.05) is 37.4 Å². The standard InChI is InChI=1S/C23H36N8O3/c1-2-3-8-18(20(25)32)30-22(34)19(10-6-11-28-23(26)27)31-21(33)16(24)12-14-13-29-17-9-5-4-7-15(14)17/h4-5,7,9,13,16,18-19,29H,2-3,6,8,10-12,24H2,1H3,(H2,25,32)(H,30,34)(H,31,33)(H4,26,27,28)/t16-,18+,19+/m1/s1. The third kappa shape index (κ3) is 8.07. The summed E-state index contributed by atoms with van der Waals surface area (Å²) < 4.78 is 0.